The monoisotopic (exact) mass is 268 g/mol. The van der Waals surface area contributed by atoms with Gasteiger partial charge in [-0.15, -0.1) is 0 Å². The van der Waals surface area contributed by atoms with Crippen molar-refractivity contribution in [1.29, 1.82) is 0 Å². The fourth-order valence-corrected chi connectivity index (χ4v) is 2.27. The number of ether oxygens (including phenoxy) is 2. The molecule has 0 bridgehead atoms. The molecular weight excluding hydrogens is 252 g/mol. The predicted molar refractivity (Wildman–Crippen MR) is 75.4 cm³/mol. The topological polar surface area (TPSA) is 38.8 Å². The van der Waals surface area contributed by atoms with Gasteiger partial charge in [0.25, 0.3) is 0 Å². The highest BCUT2D eigenvalue weighted by Gasteiger charge is 2.45. The van der Waals surface area contributed by atoms with E-state index in [2.05, 4.69) is 0 Å². The molecule has 102 valence electrons. The Hall–Kier alpha value is -2.13. The van der Waals surface area contributed by atoms with Crippen LogP contribution in [0, 0.1) is 0 Å². The summed E-state index contributed by atoms with van der Waals surface area (Å²) in [6, 6.07) is 19.0. The van der Waals surface area contributed by atoms with Crippen molar-refractivity contribution in [2.45, 2.75) is 25.2 Å². The Morgan fingerprint density at radius 1 is 1.05 bits per heavy atom. The fraction of sp³-hybridized carbons (Fsp3) is 0.235. The van der Waals surface area contributed by atoms with Crippen LogP contribution >= 0.6 is 0 Å². The molecule has 0 aromatic heterocycles. The van der Waals surface area contributed by atoms with Crippen LogP contribution in [0.1, 0.15) is 28.9 Å². The molecular formula is C17H16O3. The van der Waals surface area contributed by atoms with E-state index in [0.29, 0.717) is 5.56 Å². The number of epoxide rings is 1. The third-order valence-corrected chi connectivity index (χ3v) is 3.42. The first-order valence-electron chi connectivity index (χ1n) is 6.72. The standard InChI is InChI=1S/C17H16O3/c1-12(19-17(18)14-10-6-3-7-11-14)15-16(20-15)13-8-4-2-5-9-13/h2-12,15-16H,1H3/t12-,15+,16-/m1/s1. The highest BCUT2D eigenvalue weighted by Crippen LogP contribution is 2.41. The minimum atomic E-state index is -0.305. The highest BCUT2D eigenvalue weighted by molar-refractivity contribution is 5.89. The van der Waals surface area contributed by atoms with Crippen LogP contribution in [0.4, 0.5) is 0 Å². The number of hydrogen-bond donors (Lipinski definition) is 0. The van der Waals surface area contributed by atoms with Crippen LogP contribution < -0.4 is 0 Å². The second-order valence-corrected chi connectivity index (χ2v) is 4.91. The minimum Gasteiger partial charge on any atom is -0.456 e. The van der Waals surface area contributed by atoms with Gasteiger partial charge in [0, 0.05) is 0 Å². The molecule has 0 unspecified atom stereocenters. The van der Waals surface area contributed by atoms with Crippen molar-refractivity contribution >= 4 is 5.97 Å². The average Bonchev–Trinajstić information content (AvgIpc) is 3.29. The van der Waals surface area contributed by atoms with Gasteiger partial charge in [-0.3, -0.25) is 0 Å². The molecule has 1 aliphatic heterocycles. The Morgan fingerprint density at radius 2 is 1.65 bits per heavy atom. The summed E-state index contributed by atoms with van der Waals surface area (Å²) >= 11 is 0. The second kappa shape index (κ2) is 5.47. The van der Waals surface area contributed by atoms with Crippen molar-refractivity contribution in [2.75, 3.05) is 0 Å². The van der Waals surface area contributed by atoms with Gasteiger partial charge in [0.2, 0.25) is 0 Å². The third kappa shape index (κ3) is 2.73. The number of benzene rings is 2. The van der Waals surface area contributed by atoms with Gasteiger partial charge in [-0.25, -0.2) is 4.79 Å². The van der Waals surface area contributed by atoms with E-state index in [1.807, 2.05) is 55.5 Å². The SMILES string of the molecule is C[C@@H](OC(=O)c1ccccc1)[C@@H]1O[C@@H]1c1ccccc1. The van der Waals surface area contributed by atoms with Crippen molar-refractivity contribution in [3.63, 3.8) is 0 Å². The van der Waals surface area contributed by atoms with Crippen molar-refractivity contribution in [3.05, 3.63) is 71.8 Å². The number of hydrogen-bond acceptors (Lipinski definition) is 3. The molecule has 3 rings (SSSR count). The zero-order valence-electron chi connectivity index (χ0n) is 11.2. The number of carbonyl (C=O) groups is 1. The molecule has 2 aromatic rings. The average molecular weight is 268 g/mol. The molecule has 0 N–H and O–H groups in total. The summed E-state index contributed by atoms with van der Waals surface area (Å²) in [6.45, 7) is 1.87. The first kappa shape index (κ1) is 12.9. The quantitative estimate of drug-likeness (QED) is 0.630. The number of esters is 1. The van der Waals surface area contributed by atoms with E-state index in [1.165, 1.54) is 0 Å². The normalized spacial score (nSPS) is 22.1. The summed E-state index contributed by atoms with van der Waals surface area (Å²) in [5, 5.41) is 0. The van der Waals surface area contributed by atoms with Crippen molar-refractivity contribution < 1.29 is 14.3 Å². The maximum absolute atomic E-state index is 12.0. The second-order valence-electron chi connectivity index (χ2n) is 4.91. The molecule has 1 saturated heterocycles. The Kier molecular flexibility index (Phi) is 3.52. The molecule has 3 nitrogen and oxygen atoms in total. The molecule has 1 heterocycles. The minimum absolute atomic E-state index is 0.0368. The smallest absolute Gasteiger partial charge is 0.338 e. The van der Waals surface area contributed by atoms with E-state index in [0.717, 1.165) is 5.56 Å². The molecule has 0 spiro atoms. The molecule has 0 saturated carbocycles. The van der Waals surface area contributed by atoms with E-state index in [-0.39, 0.29) is 24.3 Å². The van der Waals surface area contributed by atoms with Crippen LogP contribution in [-0.2, 0) is 9.47 Å². The lowest BCUT2D eigenvalue weighted by atomic mass is 10.1. The van der Waals surface area contributed by atoms with Crippen LogP contribution in [0.5, 0.6) is 0 Å². The largest absolute Gasteiger partial charge is 0.456 e. The third-order valence-electron chi connectivity index (χ3n) is 3.42. The molecule has 1 fully saturated rings. The van der Waals surface area contributed by atoms with Gasteiger partial charge in [0.1, 0.15) is 18.3 Å². The zero-order chi connectivity index (χ0) is 13.9. The lowest BCUT2D eigenvalue weighted by Crippen LogP contribution is -2.20. The van der Waals surface area contributed by atoms with Gasteiger partial charge in [0.05, 0.1) is 5.56 Å². The molecule has 0 amide bonds. The molecule has 3 heteroatoms. The number of carbonyl (C=O) groups excluding carboxylic acids is 1. The summed E-state index contributed by atoms with van der Waals surface area (Å²) in [4.78, 5) is 12.0. The maximum atomic E-state index is 12.0. The summed E-state index contributed by atoms with van der Waals surface area (Å²) in [5.41, 5.74) is 1.69. The molecule has 1 aliphatic rings. The Balaban J connectivity index is 1.59. The Bertz CT molecular complexity index is 580. The molecule has 3 atom stereocenters. The Labute approximate surface area is 118 Å². The summed E-state index contributed by atoms with van der Waals surface area (Å²) in [6.07, 6.45) is -0.271. The van der Waals surface area contributed by atoms with Gasteiger partial charge < -0.3 is 9.47 Å². The van der Waals surface area contributed by atoms with Crippen molar-refractivity contribution in [2.24, 2.45) is 0 Å². The van der Waals surface area contributed by atoms with Gasteiger partial charge in [-0.1, -0.05) is 48.5 Å². The molecule has 2 aromatic carbocycles. The van der Waals surface area contributed by atoms with E-state index in [1.54, 1.807) is 12.1 Å². The summed E-state index contributed by atoms with van der Waals surface area (Å²) < 4.78 is 11.1. The lowest BCUT2D eigenvalue weighted by molar-refractivity contribution is 0.0278. The van der Waals surface area contributed by atoms with Crippen molar-refractivity contribution in [3.8, 4) is 0 Å². The van der Waals surface area contributed by atoms with Gasteiger partial charge in [-0.2, -0.15) is 0 Å². The van der Waals surface area contributed by atoms with Crippen LogP contribution in [-0.4, -0.2) is 18.2 Å². The summed E-state index contributed by atoms with van der Waals surface area (Å²) in [5.74, 6) is -0.305. The van der Waals surface area contributed by atoms with E-state index >= 15 is 0 Å². The lowest BCUT2D eigenvalue weighted by Gasteiger charge is -2.10. The van der Waals surface area contributed by atoms with Crippen LogP contribution in [0.25, 0.3) is 0 Å². The van der Waals surface area contributed by atoms with Gasteiger partial charge in [-0.05, 0) is 24.6 Å². The maximum Gasteiger partial charge on any atom is 0.338 e. The van der Waals surface area contributed by atoms with Crippen molar-refractivity contribution in [1.82, 2.24) is 0 Å². The summed E-state index contributed by atoms with van der Waals surface area (Å²) in [7, 11) is 0. The van der Waals surface area contributed by atoms with Gasteiger partial charge >= 0.3 is 5.97 Å². The first-order chi connectivity index (χ1) is 9.75. The predicted octanol–water partition coefficient (Wildman–Crippen LogP) is 3.37. The van der Waals surface area contributed by atoms with Crippen LogP contribution in [0.2, 0.25) is 0 Å². The van der Waals surface area contributed by atoms with Crippen LogP contribution in [0.3, 0.4) is 0 Å². The van der Waals surface area contributed by atoms with E-state index < -0.39 is 0 Å². The van der Waals surface area contributed by atoms with Gasteiger partial charge in [0.15, 0.2) is 0 Å². The molecule has 20 heavy (non-hydrogen) atoms. The molecule has 0 aliphatic carbocycles. The zero-order valence-corrected chi connectivity index (χ0v) is 11.2. The highest BCUT2D eigenvalue weighted by atomic mass is 16.6. The van der Waals surface area contributed by atoms with E-state index in [4.69, 9.17) is 9.47 Å². The molecule has 0 radical (unpaired) electrons. The first-order valence-corrected chi connectivity index (χ1v) is 6.72. The fourth-order valence-electron chi connectivity index (χ4n) is 2.27. The van der Waals surface area contributed by atoms with Crippen LogP contribution in [0.15, 0.2) is 60.7 Å². The Morgan fingerprint density at radius 3 is 2.30 bits per heavy atom. The van der Waals surface area contributed by atoms with E-state index in [9.17, 15) is 4.79 Å². The number of rotatable bonds is 4.